The van der Waals surface area contributed by atoms with Crippen LogP contribution in [-0.2, 0) is 14.2 Å². The average Bonchev–Trinajstić information content (AvgIpc) is 2.72. The summed E-state index contributed by atoms with van der Waals surface area (Å²) in [4.78, 5) is 23.2. The first-order valence-corrected chi connectivity index (χ1v) is 8.83. The first kappa shape index (κ1) is 21.5. The molecular weight excluding hydrogens is 386 g/mol. The lowest BCUT2D eigenvalue weighted by molar-refractivity contribution is 0.0598. The molecule has 0 heterocycles. The fourth-order valence-electron chi connectivity index (χ4n) is 2.62. The molecule has 0 fully saturated rings. The lowest BCUT2D eigenvalue weighted by Gasteiger charge is -2.22. The second-order valence-electron chi connectivity index (χ2n) is 5.67. The number of ether oxygens (including phenoxy) is 4. The van der Waals surface area contributed by atoms with E-state index in [1.807, 2.05) is 6.07 Å². The minimum Gasteiger partial charge on any atom is -0.496 e. The lowest BCUT2D eigenvalue weighted by atomic mass is 9.98. The van der Waals surface area contributed by atoms with E-state index in [-0.39, 0.29) is 13.2 Å². The molecule has 1 unspecified atom stereocenters. The third-order valence-corrected chi connectivity index (χ3v) is 4.16. The van der Waals surface area contributed by atoms with Gasteiger partial charge in [0.05, 0.1) is 33.5 Å². The number of carbonyl (C=O) groups is 2. The van der Waals surface area contributed by atoms with Crippen LogP contribution in [-0.4, -0.2) is 46.5 Å². The number of nitrogens with one attached hydrogen (secondary N) is 1. The number of amides is 1. The van der Waals surface area contributed by atoms with E-state index in [0.717, 1.165) is 5.56 Å². The molecule has 2 aromatic rings. The van der Waals surface area contributed by atoms with Crippen LogP contribution in [0, 0.1) is 0 Å². The van der Waals surface area contributed by atoms with Crippen LogP contribution in [0.25, 0.3) is 0 Å². The second kappa shape index (κ2) is 10.5. The van der Waals surface area contributed by atoms with Crippen LogP contribution >= 0.6 is 11.6 Å². The predicted molar refractivity (Wildman–Crippen MR) is 104 cm³/mol. The van der Waals surface area contributed by atoms with E-state index in [1.165, 1.54) is 21.3 Å². The second-order valence-corrected chi connectivity index (χ2v) is 6.11. The number of alkyl carbamates (subject to hydrolysis) is 1. The lowest BCUT2D eigenvalue weighted by Crippen LogP contribution is -2.27. The van der Waals surface area contributed by atoms with E-state index in [9.17, 15) is 9.59 Å². The monoisotopic (exact) mass is 407 g/mol. The molecule has 1 amide bonds. The summed E-state index contributed by atoms with van der Waals surface area (Å²) in [5.74, 6) is 0.0691. The van der Waals surface area contributed by atoms with Crippen molar-refractivity contribution < 1.29 is 28.5 Å². The van der Waals surface area contributed by atoms with Crippen molar-refractivity contribution in [2.24, 2.45) is 0 Å². The highest BCUT2D eigenvalue weighted by Crippen LogP contribution is 2.34. The fraction of sp³-hybridized carbons (Fsp3) is 0.300. The van der Waals surface area contributed by atoms with Gasteiger partial charge in [0.25, 0.3) is 0 Å². The number of hydrogen-bond acceptors (Lipinski definition) is 6. The maximum Gasteiger partial charge on any atom is 0.406 e. The molecule has 0 bridgehead atoms. The molecule has 2 aromatic carbocycles. The van der Waals surface area contributed by atoms with E-state index in [0.29, 0.717) is 21.9 Å². The molecule has 0 aliphatic carbocycles. The molecule has 0 saturated heterocycles. The van der Waals surface area contributed by atoms with Crippen molar-refractivity contribution in [3.8, 4) is 5.75 Å². The van der Waals surface area contributed by atoms with Crippen LogP contribution in [0.15, 0.2) is 42.5 Å². The smallest absolute Gasteiger partial charge is 0.406 e. The standard InChI is InChI=1S/C20H22ClNO6/c1-25-17-8-7-14(19(23)26-2)12-16(17)18(13-5-4-6-15(21)11-13)28-10-9-22-20(24)27-3/h4-8,11-12,18H,9-10H2,1-3H3,(H,22,24). The van der Waals surface area contributed by atoms with E-state index < -0.39 is 18.2 Å². The molecule has 0 saturated carbocycles. The van der Waals surface area contributed by atoms with Crippen LogP contribution in [0.1, 0.15) is 27.6 Å². The molecule has 0 aliphatic rings. The van der Waals surface area contributed by atoms with Crippen molar-refractivity contribution >= 4 is 23.7 Å². The molecule has 1 atom stereocenters. The quantitative estimate of drug-likeness (QED) is 0.531. The highest BCUT2D eigenvalue weighted by atomic mass is 35.5. The van der Waals surface area contributed by atoms with Crippen molar-refractivity contribution in [1.82, 2.24) is 5.32 Å². The van der Waals surface area contributed by atoms with Gasteiger partial charge in [0.15, 0.2) is 0 Å². The summed E-state index contributed by atoms with van der Waals surface area (Å²) in [5.41, 5.74) is 1.76. The van der Waals surface area contributed by atoms with Gasteiger partial charge in [-0.05, 0) is 35.9 Å². The SMILES string of the molecule is COC(=O)NCCOC(c1cccc(Cl)c1)c1cc(C(=O)OC)ccc1OC. The number of methoxy groups -OCH3 is 3. The fourth-order valence-corrected chi connectivity index (χ4v) is 2.82. The molecule has 2 rings (SSSR count). The van der Waals surface area contributed by atoms with Gasteiger partial charge in [-0.25, -0.2) is 9.59 Å². The summed E-state index contributed by atoms with van der Waals surface area (Å²) >= 11 is 6.14. The molecule has 0 spiro atoms. The van der Waals surface area contributed by atoms with Gasteiger partial charge in [-0.2, -0.15) is 0 Å². The molecule has 7 nitrogen and oxygen atoms in total. The number of rotatable bonds is 8. The molecule has 150 valence electrons. The summed E-state index contributed by atoms with van der Waals surface area (Å²) < 4.78 is 20.8. The van der Waals surface area contributed by atoms with Crippen molar-refractivity contribution in [3.05, 3.63) is 64.2 Å². The maximum absolute atomic E-state index is 12.0. The number of carbonyl (C=O) groups excluding carboxylic acids is 2. The summed E-state index contributed by atoms with van der Waals surface area (Å²) in [6.45, 7) is 0.431. The Hall–Kier alpha value is -2.77. The zero-order valence-corrected chi connectivity index (χ0v) is 16.6. The maximum atomic E-state index is 12.0. The molecule has 0 radical (unpaired) electrons. The van der Waals surface area contributed by atoms with Gasteiger partial charge in [0, 0.05) is 17.1 Å². The van der Waals surface area contributed by atoms with Gasteiger partial charge >= 0.3 is 12.1 Å². The van der Waals surface area contributed by atoms with Gasteiger partial charge in [-0.15, -0.1) is 0 Å². The highest BCUT2D eigenvalue weighted by Gasteiger charge is 2.22. The van der Waals surface area contributed by atoms with Gasteiger partial charge in [-0.1, -0.05) is 23.7 Å². The first-order valence-electron chi connectivity index (χ1n) is 8.45. The predicted octanol–water partition coefficient (Wildman–Crippen LogP) is 3.60. The average molecular weight is 408 g/mol. The molecule has 1 N–H and O–H groups in total. The Morgan fingerprint density at radius 2 is 1.86 bits per heavy atom. The molecule has 8 heteroatoms. The Balaban J connectivity index is 2.37. The van der Waals surface area contributed by atoms with Crippen molar-refractivity contribution in [3.63, 3.8) is 0 Å². The zero-order chi connectivity index (χ0) is 20.5. The Bertz CT molecular complexity index is 826. The zero-order valence-electron chi connectivity index (χ0n) is 15.9. The normalized spacial score (nSPS) is 11.4. The van der Waals surface area contributed by atoms with Gasteiger partial charge in [-0.3, -0.25) is 0 Å². The number of halogens is 1. The van der Waals surface area contributed by atoms with E-state index in [4.69, 9.17) is 25.8 Å². The Labute approximate surface area is 168 Å². The van der Waals surface area contributed by atoms with Crippen LogP contribution in [0.4, 0.5) is 4.79 Å². The number of hydrogen-bond donors (Lipinski definition) is 1. The largest absolute Gasteiger partial charge is 0.496 e. The first-order chi connectivity index (χ1) is 13.5. The van der Waals surface area contributed by atoms with Gasteiger partial charge in [0.2, 0.25) is 0 Å². The molecule has 28 heavy (non-hydrogen) atoms. The van der Waals surface area contributed by atoms with Crippen LogP contribution in [0.3, 0.4) is 0 Å². The Morgan fingerprint density at radius 1 is 1.07 bits per heavy atom. The summed E-state index contributed by atoms with van der Waals surface area (Å²) in [6, 6.07) is 12.1. The third kappa shape index (κ3) is 5.61. The molecule has 0 aliphatic heterocycles. The van der Waals surface area contributed by atoms with E-state index in [2.05, 4.69) is 10.1 Å². The van der Waals surface area contributed by atoms with Crippen molar-refractivity contribution in [2.45, 2.75) is 6.10 Å². The van der Waals surface area contributed by atoms with Crippen molar-refractivity contribution in [2.75, 3.05) is 34.5 Å². The van der Waals surface area contributed by atoms with Crippen LogP contribution in [0.5, 0.6) is 5.75 Å². The molecular formula is C20H22ClNO6. The van der Waals surface area contributed by atoms with Crippen LogP contribution < -0.4 is 10.1 Å². The highest BCUT2D eigenvalue weighted by molar-refractivity contribution is 6.30. The summed E-state index contributed by atoms with van der Waals surface area (Å²) in [6.07, 6.45) is -1.13. The Kier molecular flexibility index (Phi) is 8.10. The van der Waals surface area contributed by atoms with E-state index in [1.54, 1.807) is 36.4 Å². The number of esters is 1. The Morgan fingerprint density at radius 3 is 2.50 bits per heavy atom. The topological polar surface area (TPSA) is 83.1 Å². The van der Waals surface area contributed by atoms with Gasteiger partial charge < -0.3 is 24.3 Å². The molecule has 0 aromatic heterocycles. The third-order valence-electron chi connectivity index (χ3n) is 3.93. The van der Waals surface area contributed by atoms with E-state index >= 15 is 0 Å². The summed E-state index contributed by atoms with van der Waals surface area (Å²) in [5, 5.41) is 3.10. The summed E-state index contributed by atoms with van der Waals surface area (Å²) in [7, 11) is 4.13. The number of benzene rings is 2. The van der Waals surface area contributed by atoms with Crippen molar-refractivity contribution in [1.29, 1.82) is 0 Å². The minimum atomic E-state index is -0.585. The van der Waals surface area contributed by atoms with Crippen LogP contribution in [0.2, 0.25) is 5.02 Å². The van der Waals surface area contributed by atoms with Gasteiger partial charge in [0.1, 0.15) is 11.9 Å². The minimum absolute atomic E-state index is 0.192.